The van der Waals surface area contributed by atoms with Crippen LogP contribution in [0.4, 0.5) is 0 Å². The standard InChI is InChI=1S/C26H28N2O6/c1-3-4-13-27-22(29)16-21(23(27)17-9-11-18(33-2)12-10-17)26(32)34-15-14-28-24(30)19-7-5-6-8-20(19)25(28)31/h5-12,21,23H,3-4,13-16H2,1-2H3/t21-,23-/m0/s1. The Kier molecular flexibility index (Phi) is 6.95. The third-order valence-corrected chi connectivity index (χ3v) is 6.38. The molecule has 1 saturated heterocycles. The van der Waals surface area contributed by atoms with Gasteiger partial charge in [-0.2, -0.15) is 0 Å². The number of carbonyl (C=O) groups is 4. The molecule has 2 aliphatic heterocycles. The number of carbonyl (C=O) groups excluding carboxylic acids is 4. The Bertz CT molecular complexity index is 1060. The number of imide groups is 1. The number of hydrogen-bond donors (Lipinski definition) is 0. The van der Waals surface area contributed by atoms with E-state index in [1.165, 1.54) is 0 Å². The van der Waals surface area contributed by atoms with Gasteiger partial charge in [-0.3, -0.25) is 24.1 Å². The fourth-order valence-corrected chi connectivity index (χ4v) is 4.59. The van der Waals surface area contributed by atoms with Crippen LogP contribution in [0.25, 0.3) is 0 Å². The van der Waals surface area contributed by atoms with E-state index in [1.807, 2.05) is 19.1 Å². The zero-order valence-electron chi connectivity index (χ0n) is 19.4. The van der Waals surface area contributed by atoms with Gasteiger partial charge in [-0.05, 0) is 36.2 Å². The summed E-state index contributed by atoms with van der Waals surface area (Å²) in [4.78, 5) is 53.7. The van der Waals surface area contributed by atoms with Gasteiger partial charge in [0.25, 0.3) is 11.8 Å². The van der Waals surface area contributed by atoms with Crippen molar-refractivity contribution in [2.45, 2.75) is 32.2 Å². The Morgan fingerprint density at radius 1 is 0.971 bits per heavy atom. The van der Waals surface area contributed by atoms with E-state index < -0.39 is 29.7 Å². The highest BCUT2D eigenvalue weighted by atomic mass is 16.5. The Labute approximate surface area is 198 Å². The van der Waals surface area contributed by atoms with Crippen molar-refractivity contribution in [1.29, 1.82) is 0 Å². The molecular formula is C26H28N2O6. The molecule has 0 radical (unpaired) electrons. The molecule has 2 aromatic carbocycles. The van der Waals surface area contributed by atoms with Crippen LogP contribution < -0.4 is 4.74 Å². The summed E-state index contributed by atoms with van der Waals surface area (Å²) in [7, 11) is 1.58. The van der Waals surface area contributed by atoms with Crippen LogP contribution >= 0.6 is 0 Å². The van der Waals surface area contributed by atoms with Gasteiger partial charge in [0.2, 0.25) is 5.91 Å². The van der Waals surface area contributed by atoms with Gasteiger partial charge in [0.1, 0.15) is 12.4 Å². The van der Waals surface area contributed by atoms with Crippen molar-refractivity contribution in [3.63, 3.8) is 0 Å². The highest BCUT2D eigenvalue weighted by molar-refractivity contribution is 6.21. The topological polar surface area (TPSA) is 93.2 Å². The molecule has 0 N–H and O–H groups in total. The number of rotatable bonds is 9. The van der Waals surface area contributed by atoms with Crippen LogP contribution in [-0.2, 0) is 14.3 Å². The first-order valence-corrected chi connectivity index (χ1v) is 11.5. The quantitative estimate of drug-likeness (QED) is 0.418. The maximum atomic E-state index is 13.1. The van der Waals surface area contributed by atoms with Crippen molar-refractivity contribution in [3.05, 3.63) is 65.2 Å². The molecule has 0 bridgehead atoms. The van der Waals surface area contributed by atoms with E-state index in [0.29, 0.717) is 23.4 Å². The van der Waals surface area contributed by atoms with E-state index in [0.717, 1.165) is 23.3 Å². The molecule has 178 valence electrons. The van der Waals surface area contributed by atoms with E-state index in [9.17, 15) is 19.2 Å². The van der Waals surface area contributed by atoms with E-state index >= 15 is 0 Å². The van der Waals surface area contributed by atoms with Crippen LogP contribution in [0.2, 0.25) is 0 Å². The predicted octanol–water partition coefficient (Wildman–Crippen LogP) is 3.22. The van der Waals surface area contributed by atoms with E-state index in [1.54, 1.807) is 48.4 Å². The molecule has 2 aliphatic rings. The first-order chi connectivity index (χ1) is 16.5. The molecule has 0 spiro atoms. The first-order valence-electron chi connectivity index (χ1n) is 11.5. The molecule has 0 aliphatic carbocycles. The van der Waals surface area contributed by atoms with Gasteiger partial charge in [0.05, 0.1) is 36.7 Å². The number of esters is 1. The second-order valence-electron chi connectivity index (χ2n) is 8.44. The largest absolute Gasteiger partial charge is 0.497 e. The summed E-state index contributed by atoms with van der Waals surface area (Å²) in [5.41, 5.74) is 1.54. The molecule has 0 unspecified atom stereocenters. The number of likely N-dealkylation sites (tertiary alicyclic amines) is 1. The van der Waals surface area contributed by atoms with E-state index in [2.05, 4.69) is 0 Å². The van der Waals surface area contributed by atoms with Gasteiger partial charge >= 0.3 is 5.97 Å². The van der Waals surface area contributed by atoms with Gasteiger partial charge in [0, 0.05) is 13.0 Å². The normalized spacial score (nSPS) is 19.5. The molecule has 3 amide bonds. The maximum Gasteiger partial charge on any atom is 0.311 e. The Balaban J connectivity index is 1.44. The van der Waals surface area contributed by atoms with E-state index in [-0.39, 0.29) is 25.5 Å². The molecule has 4 rings (SSSR count). The number of methoxy groups -OCH3 is 1. The third-order valence-electron chi connectivity index (χ3n) is 6.38. The number of ether oxygens (including phenoxy) is 2. The summed E-state index contributed by atoms with van der Waals surface area (Å²) < 4.78 is 10.7. The highest BCUT2D eigenvalue weighted by Gasteiger charge is 2.45. The average Bonchev–Trinajstić information content (AvgIpc) is 3.31. The minimum atomic E-state index is -0.667. The minimum Gasteiger partial charge on any atom is -0.497 e. The summed E-state index contributed by atoms with van der Waals surface area (Å²) in [5, 5.41) is 0. The number of fused-ring (bicyclic) bond motifs is 1. The zero-order chi connectivity index (χ0) is 24.2. The smallest absolute Gasteiger partial charge is 0.311 e. The molecule has 8 heteroatoms. The van der Waals surface area contributed by atoms with Crippen LogP contribution in [0.15, 0.2) is 48.5 Å². The molecule has 34 heavy (non-hydrogen) atoms. The average molecular weight is 465 g/mol. The summed E-state index contributed by atoms with van der Waals surface area (Å²) in [5.74, 6) is -1.36. The number of unbranched alkanes of at least 4 members (excludes halogenated alkanes) is 1. The minimum absolute atomic E-state index is 0.0362. The fraction of sp³-hybridized carbons (Fsp3) is 0.385. The molecule has 0 aromatic heterocycles. The first kappa shape index (κ1) is 23.5. The predicted molar refractivity (Wildman–Crippen MR) is 123 cm³/mol. The van der Waals surface area contributed by atoms with Crippen molar-refractivity contribution in [3.8, 4) is 5.75 Å². The van der Waals surface area contributed by atoms with Gasteiger partial charge in [-0.15, -0.1) is 0 Å². The van der Waals surface area contributed by atoms with Crippen molar-refractivity contribution in [1.82, 2.24) is 9.80 Å². The Morgan fingerprint density at radius 2 is 1.62 bits per heavy atom. The molecule has 2 heterocycles. The van der Waals surface area contributed by atoms with Crippen LogP contribution in [-0.4, -0.2) is 60.3 Å². The lowest BCUT2D eigenvalue weighted by Gasteiger charge is -2.28. The number of amides is 3. The van der Waals surface area contributed by atoms with Gasteiger partial charge in [0.15, 0.2) is 0 Å². The van der Waals surface area contributed by atoms with E-state index in [4.69, 9.17) is 9.47 Å². The lowest BCUT2D eigenvalue weighted by molar-refractivity contribution is -0.149. The van der Waals surface area contributed by atoms with Gasteiger partial charge in [-0.1, -0.05) is 37.6 Å². The Hall–Kier alpha value is -3.68. The van der Waals surface area contributed by atoms with Crippen LogP contribution in [0, 0.1) is 5.92 Å². The van der Waals surface area contributed by atoms with Crippen LogP contribution in [0.5, 0.6) is 5.75 Å². The summed E-state index contributed by atoms with van der Waals surface area (Å²) in [6, 6.07) is 13.5. The monoisotopic (exact) mass is 464 g/mol. The number of nitrogens with zero attached hydrogens (tertiary/aromatic N) is 2. The van der Waals surface area contributed by atoms with Crippen molar-refractivity contribution < 1.29 is 28.7 Å². The second kappa shape index (κ2) is 10.1. The number of benzene rings is 2. The number of hydrogen-bond acceptors (Lipinski definition) is 6. The molecule has 1 fully saturated rings. The SMILES string of the molecule is CCCCN1C(=O)C[C@H](C(=O)OCCN2C(=O)c3ccccc3C2=O)[C@@H]1c1ccc(OC)cc1. The second-order valence-corrected chi connectivity index (χ2v) is 8.44. The lowest BCUT2D eigenvalue weighted by atomic mass is 9.93. The summed E-state index contributed by atoms with van der Waals surface area (Å²) in [6.07, 6.45) is 1.82. The fourth-order valence-electron chi connectivity index (χ4n) is 4.59. The van der Waals surface area contributed by atoms with Gasteiger partial charge < -0.3 is 14.4 Å². The van der Waals surface area contributed by atoms with Crippen LogP contribution in [0.3, 0.4) is 0 Å². The zero-order valence-corrected chi connectivity index (χ0v) is 19.4. The molecular weight excluding hydrogens is 436 g/mol. The molecule has 2 atom stereocenters. The van der Waals surface area contributed by atoms with Crippen LogP contribution in [0.1, 0.15) is 58.5 Å². The summed E-state index contributed by atoms with van der Waals surface area (Å²) in [6.45, 7) is 2.45. The lowest BCUT2D eigenvalue weighted by Crippen LogP contribution is -2.35. The Morgan fingerprint density at radius 3 is 2.21 bits per heavy atom. The molecule has 0 saturated carbocycles. The highest BCUT2D eigenvalue weighted by Crippen LogP contribution is 2.39. The van der Waals surface area contributed by atoms with Crippen molar-refractivity contribution >= 4 is 23.7 Å². The van der Waals surface area contributed by atoms with Crippen molar-refractivity contribution in [2.24, 2.45) is 5.92 Å². The molecule has 8 nitrogen and oxygen atoms in total. The maximum absolute atomic E-state index is 13.1. The molecule has 2 aromatic rings. The summed E-state index contributed by atoms with van der Waals surface area (Å²) >= 11 is 0. The van der Waals surface area contributed by atoms with Gasteiger partial charge in [-0.25, -0.2) is 0 Å². The third kappa shape index (κ3) is 4.40. The van der Waals surface area contributed by atoms with Crippen molar-refractivity contribution in [2.75, 3.05) is 26.8 Å².